The second-order valence-corrected chi connectivity index (χ2v) is 5.03. The molecule has 1 aromatic heterocycles. The van der Waals surface area contributed by atoms with Crippen molar-refractivity contribution in [2.75, 3.05) is 24.1 Å². The van der Waals surface area contributed by atoms with Crippen LogP contribution in [0.3, 0.4) is 0 Å². The van der Waals surface area contributed by atoms with Crippen molar-refractivity contribution in [3.63, 3.8) is 0 Å². The molecular formula is C10H13BrF3N5. The van der Waals surface area contributed by atoms with Gasteiger partial charge in [0.15, 0.2) is 17.3 Å². The number of aromatic nitrogens is 2. The average Bonchev–Trinajstić information content (AvgIpc) is 2.33. The van der Waals surface area contributed by atoms with Gasteiger partial charge >= 0.3 is 6.18 Å². The van der Waals surface area contributed by atoms with Crippen LogP contribution in [0.2, 0.25) is 0 Å². The van der Waals surface area contributed by atoms with Gasteiger partial charge in [0, 0.05) is 12.6 Å². The fourth-order valence-corrected chi connectivity index (χ4v) is 2.37. The molecule has 2 rings (SSSR count). The van der Waals surface area contributed by atoms with Crippen LogP contribution in [-0.2, 0) is 6.18 Å². The zero-order valence-electron chi connectivity index (χ0n) is 9.89. The van der Waals surface area contributed by atoms with E-state index in [0.717, 1.165) is 25.9 Å². The Morgan fingerprint density at radius 1 is 1.37 bits per heavy atom. The second-order valence-electron chi connectivity index (χ2n) is 4.28. The van der Waals surface area contributed by atoms with Crippen LogP contribution in [0.15, 0.2) is 4.60 Å². The molecule has 0 aromatic carbocycles. The summed E-state index contributed by atoms with van der Waals surface area (Å²) in [4.78, 5) is 7.17. The van der Waals surface area contributed by atoms with E-state index in [9.17, 15) is 13.2 Å². The Bertz CT molecular complexity index is 459. The Labute approximate surface area is 116 Å². The highest BCUT2D eigenvalue weighted by Gasteiger charge is 2.36. The third-order valence-corrected chi connectivity index (χ3v) is 3.34. The first kappa shape index (κ1) is 14.3. The highest BCUT2D eigenvalue weighted by molar-refractivity contribution is 9.10. The van der Waals surface area contributed by atoms with Gasteiger partial charge in [-0.3, -0.25) is 0 Å². The molecule has 4 N–H and O–H groups in total. The molecule has 2 heterocycles. The number of nitrogens with zero attached hydrogens (tertiary/aromatic N) is 2. The number of alkyl halides is 3. The number of anilines is 2. The fourth-order valence-electron chi connectivity index (χ4n) is 1.88. The lowest BCUT2D eigenvalue weighted by atomic mass is 10.1. The van der Waals surface area contributed by atoms with Crippen LogP contribution in [0.4, 0.5) is 24.8 Å². The summed E-state index contributed by atoms with van der Waals surface area (Å²) in [5.74, 6) is -0.0744. The van der Waals surface area contributed by atoms with E-state index in [-0.39, 0.29) is 22.3 Å². The van der Waals surface area contributed by atoms with E-state index in [4.69, 9.17) is 5.73 Å². The zero-order valence-corrected chi connectivity index (χ0v) is 11.5. The van der Waals surface area contributed by atoms with Crippen molar-refractivity contribution in [2.24, 2.45) is 0 Å². The van der Waals surface area contributed by atoms with Gasteiger partial charge < -0.3 is 16.4 Å². The van der Waals surface area contributed by atoms with Crippen LogP contribution in [-0.4, -0.2) is 29.1 Å². The molecule has 1 fully saturated rings. The summed E-state index contributed by atoms with van der Waals surface area (Å²) < 4.78 is 37.4. The maximum absolute atomic E-state index is 12.6. The number of hydrogen-bond acceptors (Lipinski definition) is 5. The summed E-state index contributed by atoms with van der Waals surface area (Å²) in [6, 6.07) is 0.0917. The van der Waals surface area contributed by atoms with Gasteiger partial charge in [-0.25, -0.2) is 9.97 Å². The molecule has 106 valence electrons. The van der Waals surface area contributed by atoms with Gasteiger partial charge in [0.2, 0.25) is 0 Å². The van der Waals surface area contributed by atoms with Crippen LogP contribution in [0.5, 0.6) is 0 Å². The molecule has 0 amide bonds. The molecule has 1 aromatic rings. The van der Waals surface area contributed by atoms with E-state index in [2.05, 4.69) is 36.5 Å². The average molecular weight is 340 g/mol. The smallest absolute Gasteiger partial charge is 0.381 e. The molecule has 0 saturated carbocycles. The Balaban J connectivity index is 2.20. The lowest BCUT2D eigenvalue weighted by Crippen LogP contribution is -2.38. The number of piperidine rings is 1. The number of nitrogens with one attached hydrogen (secondary N) is 2. The quantitative estimate of drug-likeness (QED) is 0.768. The van der Waals surface area contributed by atoms with E-state index >= 15 is 0 Å². The number of hydrogen-bond donors (Lipinski definition) is 3. The molecule has 5 nitrogen and oxygen atoms in total. The van der Waals surface area contributed by atoms with E-state index in [0.29, 0.717) is 0 Å². The molecule has 19 heavy (non-hydrogen) atoms. The lowest BCUT2D eigenvalue weighted by molar-refractivity contribution is -0.142. The minimum Gasteiger partial charge on any atom is -0.381 e. The highest BCUT2D eigenvalue weighted by Crippen LogP contribution is 2.34. The van der Waals surface area contributed by atoms with E-state index < -0.39 is 11.9 Å². The minimum atomic E-state index is -4.58. The monoisotopic (exact) mass is 339 g/mol. The predicted octanol–water partition coefficient (Wildman–Crippen LogP) is 2.00. The van der Waals surface area contributed by atoms with Gasteiger partial charge in [0.1, 0.15) is 4.60 Å². The fraction of sp³-hybridized carbons (Fsp3) is 0.600. The summed E-state index contributed by atoms with van der Waals surface area (Å²) in [6.07, 6.45) is -2.68. The summed E-state index contributed by atoms with van der Waals surface area (Å²) in [5.41, 5.74) is 4.41. The van der Waals surface area contributed by atoms with Crippen molar-refractivity contribution in [2.45, 2.75) is 25.1 Å². The first-order valence-corrected chi connectivity index (χ1v) is 6.54. The maximum Gasteiger partial charge on any atom is 0.436 e. The standard InChI is InChI=1S/C10H13BrF3N5/c11-7-6(10(12,13)14)18-8(15)9(19-7)17-5-2-1-3-16-4-5/h5,16H,1-4H2,(H2,15,18)(H,17,19)/t5-/m0/s1. The molecule has 9 heteroatoms. The van der Waals surface area contributed by atoms with Crippen molar-refractivity contribution in [1.29, 1.82) is 0 Å². The first-order valence-electron chi connectivity index (χ1n) is 5.75. The minimum absolute atomic E-state index is 0.0917. The Morgan fingerprint density at radius 2 is 2.11 bits per heavy atom. The maximum atomic E-state index is 12.6. The predicted molar refractivity (Wildman–Crippen MR) is 68.7 cm³/mol. The number of nitrogens with two attached hydrogens (primary N) is 1. The van der Waals surface area contributed by atoms with E-state index in [1.165, 1.54) is 0 Å². The SMILES string of the molecule is Nc1nc(C(F)(F)F)c(Br)nc1N[C@H]1CCCNC1. The van der Waals surface area contributed by atoms with Crippen LogP contribution in [0.25, 0.3) is 0 Å². The lowest BCUT2D eigenvalue weighted by Gasteiger charge is -2.24. The van der Waals surface area contributed by atoms with E-state index in [1.54, 1.807) is 0 Å². The molecule has 1 aliphatic heterocycles. The third kappa shape index (κ3) is 3.47. The van der Waals surface area contributed by atoms with Crippen molar-refractivity contribution < 1.29 is 13.2 Å². The molecule has 1 aliphatic rings. The highest BCUT2D eigenvalue weighted by atomic mass is 79.9. The molecule has 1 saturated heterocycles. The summed E-state index contributed by atoms with van der Waals surface area (Å²) in [5, 5.41) is 6.19. The van der Waals surface area contributed by atoms with Crippen LogP contribution >= 0.6 is 15.9 Å². The topological polar surface area (TPSA) is 75.9 Å². The Hall–Kier alpha value is -1.09. The summed E-state index contributed by atoms with van der Waals surface area (Å²) in [6.45, 7) is 1.66. The van der Waals surface area contributed by atoms with Crippen LogP contribution in [0, 0.1) is 0 Å². The normalized spacial score (nSPS) is 20.3. The van der Waals surface area contributed by atoms with Gasteiger partial charge in [-0.1, -0.05) is 0 Å². The molecular weight excluding hydrogens is 327 g/mol. The second kappa shape index (κ2) is 5.49. The van der Waals surface area contributed by atoms with Crippen molar-refractivity contribution in [3.05, 3.63) is 10.3 Å². The summed E-state index contributed by atoms with van der Waals surface area (Å²) in [7, 11) is 0. The number of nitrogen functional groups attached to an aromatic ring is 1. The third-order valence-electron chi connectivity index (χ3n) is 2.79. The zero-order chi connectivity index (χ0) is 14.0. The molecule has 0 bridgehead atoms. The molecule has 0 spiro atoms. The number of rotatable bonds is 2. The van der Waals surface area contributed by atoms with Crippen LogP contribution < -0.4 is 16.4 Å². The van der Waals surface area contributed by atoms with Crippen LogP contribution in [0.1, 0.15) is 18.5 Å². The molecule has 1 atom stereocenters. The Morgan fingerprint density at radius 3 is 2.68 bits per heavy atom. The van der Waals surface area contributed by atoms with Gasteiger partial charge in [-0.15, -0.1) is 0 Å². The van der Waals surface area contributed by atoms with Crippen molar-refractivity contribution in [1.82, 2.24) is 15.3 Å². The van der Waals surface area contributed by atoms with Gasteiger partial charge in [0.25, 0.3) is 0 Å². The first-order chi connectivity index (χ1) is 8.88. The van der Waals surface area contributed by atoms with Crippen molar-refractivity contribution in [3.8, 4) is 0 Å². The molecule has 0 aliphatic carbocycles. The largest absolute Gasteiger partial charge is 0.436 e. The van der Waals surface area contributed by atoms with Crippen molar-refractivity contribution >= 4 is 27.6 Å². The van der Waals surface area contributed by atoms with Gasteiger partial charge in [-0.2, -0.15) is 13.2 Å². The Kier molecular flexibility index (Phi) is 4.14. The number of halogens is 4. The molecule has 0 radical (unpaired) electrons. The van der Waals surface area contributed by atoms with E-state index in [1.807, 2.05) is 0 Å². The van der Waals surface area contributed by atoms with Gasteiger partial charge in [0.05, 0.1) is 0 Å². The molecule has 0 unspecified atom stereocenters. The van der Waals surface area contributed by atoms with Gasteiger partial charge in [-0.05, 0) is 35.3 Å². The summed E-state index contributed by atoms with van der Waals surface area (Å²) >= 11 is 2.78.